The van der Waals surface area contributed by atoms with Crippen molar-refractivity contribution in [2.24, 2.45) is 5.92 Å². The molecule has 1 aromatic carbocycles. The second kappa shape index (κ2) is 9.53. The molecule has 1 saturated heterocycles. The summed E-state index contributed by atoms with van der Waals surface area (Å²) < 4.78 is 0. The molecule has 0 aromatic heterocycles. The van der Waals surface area contributed by atoms with Crippen LogP contribution >= 0.6 is 0 Å². The fourth-order valence-corrected chi connectivity index (χ4v) is 3.02. The minimum absolute atomic E-state index is 0.0548. The Morgan fingerprint density at radius 2 is 2.00 bits per heavy atom. The van der Waals surface area contributed by atoms with Gasteiger partial charge in [0.1, 0.15) is 0 Å². The maximum atomic E-state index is 12.2. The first-order valence-electron chi connectivity index (χ1n) is 8.57. The Kier molecular flexibility index (Phi) is 7.36. The quantitative estimate of drug-likeness (QED) is 0.721. The van der Waals surface area contributed by atoms with Gasteiger partial charge in [0.25, 0.3) is 0 Å². The van der Waals surface area contributed by atoms with Crippen LogP contribution in [0.2, 0.25) is 0 Å². The number of hydrogen-bond donors (Lipinski definition) is 3. The molecule has 128 valence electrons. The van der Waals surface area contributed by atoms with Crippen LogP contribution in [0.1, 0.15) is 37.3 Å². The van der Waals surface area contributed by atoms with Gasteiger partial charge in [0.05, 0.1) is 6.04 Å². The summed E-state index contributed by atoms with van der Waals surface area (Å²) in [5.41, 5.74) is 1.08. The van der Waals surface area contributed by atoms with Gasteiger partial charge in [-0.05, 0) is 57.3 Å². The third-order valence-corrected chi connectivity index (χ3v) is 4.55. The van der Waals surface area contributed by atoms with Gasteiger partial charge in [0, 0.05) is 13.2 Å². The predicted octanol–water partition coefficient (Wildman–Crippen LogP) is 2.14. The number of aliphatic hydroxyl groups excluding tert-OH is 1. The SMILES string of the molecule is CN1CCC(CNC(=O)NC(CCCO)c2ccccc2)CC1. The number of likely N-dealkylation sites (tertiary alicyclic amines) is 1. The summed E-state index contributed by atoms with van der Waals surface area (Å²) in [6.45, 7) is 3.09. The van der Waals surface area contributed by atoms with E-state index >= 15 is 0 Å². The molecule has 5 nitrogen and oxygen atoms in total. The van der Waals surface area contributed by atoms with Crippen LogP contribution in [0.15, 0.2) is 30.3 Å². The Morgan fingerprint density at radius 3 is 2.65 bits per heavy atom. The van der Waals surface area contributed by atoms with Crippen LogP contribution in [0.5, 0.6) is 0 Å². The molecule has 2 amide bonds. The molecule has 23 heavy (non-hydrogen) atoms. The van der Waals surface area contributed by atoms with E-state index in [4.69, 9.17) is 5.11 Å². The molecule has 1 aliphatic heterocycles. The second-order valence-electron chi connectivity index (χ2n) is 6.43. The molecular formula is C18H29N3O2. The zero-order valence-corrected chi connectivity index (χ0v) is 14.0. The molecule has 1 aromatic rings. The number of nitrogens with zero attached hydrogens (tertiary/aromatic N) is 1. The summed E-state index contributed by atoms with van der Waals surface area (Å²) in [4.78, 5) is 14.5. The summed E-state index contributed by atoms with van der Waals surface area (Å²) in [5.74, 6) is 0.574. The molecule has 1 aliphatic rings. The monoisotopic (exact) mass is 319 g/mol. The van der Waals surface area contributed by atoms with E-state index in [0.29, 0.717) is 12.3 Å². The number of nitrogens with one attached hydrogen (secondary N) is 2. The Hall–Kier alpha value is -1.59. The molecule has 0 spiro atoms. The smallest absolute Gasteiger partial charge is 0.315 e. The van der Waals surface area contributed by atoms with E-state index < -0.39 is 0 Å². The minimum Gasteiger partial charge on any atom is -0.396 e. The first kappa shape index (κ1) is 17.8. The van der Waals surface area contributed by atoms with Gasteiger partial charge in [0.15, 0.2) is 0 Å². The number of piperidine rings is 1. The number of benzene rings is 1. The number of aliphatic hydroxyl groups is 1. The van der Waals surface area contributed by atoms with Crippen LogP contribution in [0, 0.1) is 5.92 Å². The summed E-state index contributed by atoms with van der Waals surface area (Å²) in [5, 5.41) is 15.1. The summed E-state index contributed by atoms with van der Waals surface area (Å²) in [7, 11) is 2.14. The highest BCUT2D eigenvalue weighted by molar-refractivity contribution is 5.74. The molecule has 0 aliphatic carbocycles. The van der Waals surface area contributed by atoms with E-state index in [1.165, 1.54) is 0 Å². The van der Waals surface area contributed by atoms with E-state index in [1.54, 1.807) is 0 Å². The van der Waals surface area contributed by atoms with Crippen LogP contribution in [0.3, 0.4) is 0 Å². The van der Waals surface area contributed by atoms with Crippen molar-refractivity contribution in [1.29, 1.82) is 0 Å². The maximum absolute atomic E-state index is 12.2. The van der Waals surface area contributed by atoms with Crippen molar-refractivity contribution in [3.63, 3.8) is 0 Å². The van der Waals surface area contributed by atoms with Crippen molar-refractivity contribution in [1.82, 2.24) is 15.5 Å². The molecule has 1 atom stereocenters. The van der Waals surface area contributed by atoms with E-state index in [9.17, 15) is 4.79 Å². The normalized spacial score (nSPS) is 17.7. The number of carbonyl (C=O) groups is 1. The second-order valence-corrected chi connectivity index (χ2v) is 6.43. The molecule has 1 heterocycles. The van der Waals surface area contributed by atoms with Crippen LogP contribution < -0.4 is 10.6 Å². The highest BCUT2D eigenvalue weighted by Gasteiger charge is 2.18. The standard InChI is InChI=1S/C18H29N3O2/c1-21-11-9-15(10-12-21)14-19-18(23)20-17(8-5-13-22)16-6-3-2-4-7-16/h2-4,6-7,15,17,22H,5,8-14H2,1H3,(H2,19,20,23). The van der Waals surface area contributed by atoms with Crippen molar-refractivity contribution >= 4 is 6.03 Å². The fourth-order valence-electron chi connectivity index (χ4n) is 3.02. The Balaban J connectivity index is 1.80. The Labute approximate surface area is 139 Å². The summed E-state index contributed by atoms with van der Waals surface area (Å²) in [6, 6.07) is 9.76. The average molecular weight is 319 g/mol. The van der Waals surface area contributed by atoms with E-state index in [-0.39, 0.29) is 18.7 Å². The molecule has 2 rings (SSSR count). The molecule has 3 N–H and O–H groups in total. The van der Waals surface area contributed by atoms with Crippen molar-refractivity contribution in [2.45, 2.75) is 31.7 Å². The number of carbonyl (C=O) groups excluding carboxylic acids is 1. The largest absolute Gasteiger partial charge is 0.396 e. The van der Waals surface area contributed by atoms with Crippen LogP contribution in [-0.4, -0.2) is 49.3 Å². The number of urea groups is 1. The van der Waals surface area contributed by atoms with Gasteiger partial charge in [-0.15, -0.1) is 0 Å². The van der Waals surface area contributed by atoms with Crippen molar-refractivity contribution < 1.29 is 9.90 Å². The first-order valence-corrected chi connectivity index (χ1v) is 8.57. The van der Waals surface area contributed by atoms with Gasteiger partial charge < -0.3 is 20.6 Å². The third-order valence-electron chi connectivity index (χ3n) is 4.55. The number of amides is 2. The fraction of sp³-hybridized carbons (Fsp3) is 0.611. The number of hydrogen-bond acceptors (Lipinski definition) is 3. The van der Waals surface area contributed by atoms with Crippen LogP contribution in [0.25, 0.3) is 0 Å². The lowest BCUT2D eigenvalue weighted by atomic mass is 9.97. The van der Waals surface area contributed by atoms with Crippen molar-refractivity contribution in [3.8, 4) is 0 Å². The van der Waals surface area contributed by atoms with Crippen molar-refractivity contribution in [2.75, 3.05) is 33.3 Å². The molecular weight excluding hydrogens is 290 g/mol. The van der Waals surface area contributed by atoms with Gasteiger partial charge in [-0.25, -0.2) is 4.79 Å². The predicted molar refractivity (Wildman–Crippen MR) is 92.3 cm³/mol. The lowest BCUT2D eigenvalue weighted by Gasteiger charge is -2.29. The summed E-state index contributed by atoms with van der Waals surface area (Å²) in [6.07, 6.45) is 3.70. The van der Waals surface area contributed by atoms with Crippen LogP contribution in [-0.2, 0) is 0 Å². The van der Waals surface area contributed by atoms with E-state index in [0.717, 1.165) is 44.5 Å². The van der Waals surface area contributed by atoms with Gasteiger partial charge in [0.2, 0.25) is 0 Å². The Morgan fingerprint density at radius 1 is 1.30 bits per heavy atom. The Bertz CT molecular complexity index is 459. The molecule has 5 heteroatoms. The van der Waals surface area contributed by atoms with Gasteiger partial charge in [-0.2, -0.15) is 0 Å². The van der Waals surface area contributed by atoms with Gasteiger partial charge in [-0.3, -0.25) is 0 Å². The van der Waals surface area contributed by atoms with E-state index in [2.05, 4.69) is 22.6 Å². The average Bonchev–Trinajstić information content (AvgIpc) is 2.59. The third kappa shape index (κ3) is 6.20. The first-order chi connectivity index (χ1) is 11.2. The molecule has 0 bridgehead atoms. The lowest BCUT2D eigenvalue weighted by molar-refractivity contribution is 0.208. The maximum Gasteiger partial charge on any atom is 0.315 e. The molecule has 1 unspecified atom stereocenters. The van der Waals surface area contributed by atoms with E-state index in [1.807, 2.05) is 30.3 Å². The molecule has 1 fully saturated rings. The zero-order valence-electron chi connectivity index (χ0n) is 14.0. The molecule has 0 saturated carbocycles. The summed E-state index contributed by atoms with van der Waals surface area (Å²) >= 11 is 0. The van der Waals surface area contributed by atoms with Crippen LogP contribution in [0.4, 0.5) is 4.79 Å². The number of rotatable bonds is 7. The zero-order chi connectivity index (χ0) is 16.5. The topological polar surface area (TPSA) is 64.6 Å². The minimum atomic E-state index is -0.115. The highest BCUT2D eigenvalue weighted by Crippen LogP contribution is 2.18. The van der Waals surface area contributed by atoms with Crippen molar-refractivity contribution in [3.05, 3.63) is 35.9 Å². The molecule has 0 radical (unpaired) electrons. The highest BCUT2D eigenvalue weighted by atomic mass is 16.3. The van der Waals surface area contributed by atoms with Gasteiger partial charge >= 0.3 is 6.03 Å². The van der Waals surface area contributed by atoms with Gasteiger partial charge in [-0.1, -0.05) is 30.3 Å². The lowest BCUT2D eigenvalue weighted by Crippen LogP contribution is -2.42.